The minimum Gasteiger partial charge on any atom is -0.493 e. The number of carbonyl (C=O) groups excluding carboxylic acids is 2. The van der Waals surface area contributed by atoms with Crippen LogP contribution in [0.2, 0.25) is 0 Å². The predicted molar refractivity (Wildman–Crippen MR) is 122 cm³/mol. The van der Waals surface area contributed by atoms with Gasteiger partial charge in [-0.1, -0.05) is 12.1 Å². The molecule has 2 aliphatic heterocycles. The number of hydrogen-bond donors (Lipinski definition) is 0. The van der Waals surface area contributed by atoms with E-state index in [0.29, 0.717) is 37.4 Å². The largest absolute Gasteiger partial charge is 0.493 e. The number of aromatic nitrogens is 2. The van der Waals surface area contributed by atoms with Crippen molar-refractivity contribution in [3.8, 4) is 5.75 Å². The van der Waals surface area contributed by atoms with Crippen molar-refractivity contribution < 1.29 is 14.3 Å². The maximum atomic E-state index is 13.1. The molecule has 3 heterocycles. The first-order chi connectivity index (χ1) is 15.5. The summed E-state index contributed by atoms with van der Waals surface area (Å²) < 4.78 is 5.64. The minimum atomic E-state index is -0.0159. The Morgan fingerprint density at radius 1 is 1.03 bits per heavy atom. The summed E-state index contributed by atoms with van der Waals surface area (Å²) in [5.41, 5.74) is 3.26. The Morgan fingerprint density at radius 3 is 2.41 bits per heavy atom. The van der Waals surface area contributed by atoms with Gasteiger partial charge in [-0.05, 0) is 52.2 Å². The van der Waals surface area contributed by atoms with E-state index in [2.05, 4.69) is 0 Å². The second kappa shape index (κ2) is 9.67. The zero-order valence-electron chi connectivity index (χ0n) is 19.3. The summed E-state index contributed by atoms with van der Waals surface area (Å²) in [5.74, 6) is 1.64. The molecule has 2 saturated heterocycles. The second-order valence-electron chi connectivity index (χ2n) is 8.66. The molecular weight excluding hydrogens is 404 g/mol. The molecule has 2 amide bonds. The molecule has 2 fully saturated rings. The fourth-order valence-electron chi connectivity index (χ4n) is 4.68. The number of para-hydroxylation sites is 1. The molecule has 0 radical (unpaired) electrons. The van der Waals surface area contributed by atoms with Crippen molar-refractivity contribution in [2.75, 3.05) is 32.8 Å². The number of benzene rings is 1. The maximum absolute atomic E-state index is 13.1. The van der Waals surface area contributed by atoms with E-state index in [1.807, 2.05) is 54.8 Å². The van der Waals surface area contributed by atoms with Gasteiger partial charge in [-0.3, -0.25) is 9.59 Å². The molecule has 7 nitrogen and oxygen atoms in total. The number of ether oxygens (including phenoxy) is 1. The smallest absolute Gasteiger partial charge is 0.257 e. The van der Waals surface area contributed by atoms with Crippen LogP contribution in [0.25, 0.3) is 0 Å². The monoisotopic (exact) mass is 436 g/mol. The van der Waals surface area contributed by atoms with Gasteiger partial charge in [0.1, 0.15) is 11.6 Å². The normalized spacial score (nSPS) is 18.3. The molecule has 0 saturated carbocycles. The van der Waals surface area contributed by atoms with Crippen molar-refractivity contribution in [3.63, 3.8) is 0 Å². The summed E-state index contributed by atoms with van der Waals surface area (Å²) in [4.78, 5) is 39.1. The van der Waals surface area contributed by atoms with Gasteiger partial charge in [0.25, 0.3) is 5.91 Å². The maximum Gasteiger partial charge on any atom is 0.257 e. The first-order valence-corrected chi connectivity index (χ1v) is 11.6. The Labute approximate surface area is 189 Å². The van der Waals surface area contributed by atoms with Gasteiger partial charge in [-0.2, -0.15) is 0 Å². The number of nitrogens with zero attached hydrogens (tertiary/aromatic N) is 4. The highest BCUT2D eigenvalue weighted by Crippen LogP contribution is 2.29. The lowest BCUT2D eigenvalue weighted by molar-refractivity contribution is -0.129. The molecule has 0 N–H and O–H groups in total. The Hall–Kier alpha value is -2.96. The zero-order valence-corrected chi connectivity index (χ0v) is 19.3. The third-order valence-electron chi connectivity index (χ3n) is 6.48. The van der Waals surface area contributed by atoms with Crippen LogP contribution in [0.15, 0.2) is 24.3 Å². The van der Waals surface area contributed by atoms with Gasteiger partial charge in [0.15, 0.2) is 0 Å². The fraction of sp³-hybridized carbons (Fsp3) is 0.520. The van der Waals surface area contributed by atoms with Gasteiger partial charge in [0.2, 0.25) is 5.91 Å². The molecule has 0 bridgehead atoms. The predicted octanol–water partition coefficient (Wildman–Crippen LogP) is 3.29. The second-order valence-corrected chi connectivity index (χ2v) is 8.66. The fourth-order valence-corrected chi connectivity index (χ4v) is 4.68. The first-order valence-electron chi connectivity index (χ1n) is 11.6. The molecule has 2 aromatic rings. The summed E-state index contributed by atoms with van der Waals surface area (Å²) in [6, 6.07) is 7.39. The average Bonchev–Trinajstić information content (AvgIpc) is 3.49. The average molecular weight is 437 g/mol. The highest BCUT2D eigenvalue weighted by Gasteiger charge is 2.31. The third kappa shape index (κ3) is 4.61. The molecular formula is C25H32N4O3. The summed E-state index contributed by atoms with van der Waals surface area (Å²) in [6.45, 7) is 9.32. The SMILES string of the molecule is CCOc1ccccc1C(=O)N1CC[C@H](c2nc(C)c(CC(=O)N3CCCC3)c(C)n2)C1. The molecule has 1 atom stereocenters. The van der Waals surface area contributed by atoms with Crippen LogP contribution in [0.3, 0.4) is 0 Å². The third-order valence-corrected chi connectivity index (χ3v) is 6.48. The summed E-state index contributed by atoms with van der Waals surface area (Å²) in [7, 11) is 0. The van der Waals surface area contributed by atoms with Crippen LogP contribution < -0.4 is 4.74 Å². The molecule has 4 rings (SSSR count). The van der Waals surface area contributed by atoms with Crippen molar-refractivity contribution in [3.05, 3.63) is 52.6 Å². The van der Waals surface area contributed by atoms with E-state index in [1.54, 1.807) is 0 Å². The quantitative estimate of drug-likeness (QED) is 0.695. The van der Waals surface area contributed by atoms with Crippen LogP contribution in [0, 0.1) is 13.8 Å². The van der Waals surface area contributed by atoms with Gasteiger partial charge in [0.05, 0.1) is 18.6 Å². The first kappa shape index (κ1) is 22.2. The highest BCUT2D eigenvalue weighted by atomic mass is 16.5. The zero-order chi connectivity index (χ0) is 22.7. The van der Waals surface area contributed by atoms with Crippen LogP contribution in [0.4, 0.5) is 0 Å². The van der Waals surface area contributed by atoms with Crippen LogP contribution >= 0.6 is 0 Å². The van der Waals surface area contributed by atoms with Crippen molar-refractivity contribution in [1.82, 2.24) is 19.8 Å². The lowest BCUT2D eigenvalue weighted by Crippen LogP contribution is -2.30. The van der Waals surface area contributed by atoms with E-state index >= 15 is 0 Å². The lowest BCUT2D eigenvalue weighted by atomic mass is 10.0. The number of rotatable bonds is 6. The number of carbonyl (C=O) groups is 2. The number of likely N-dealkylation sites (tertiary alicyclic amines) is 2. The van der Waals surface area contributed by atoms with E-state index in [1.165, 1.54) is 0 Å². The van der Waals surface area contributed by atoms with E-state index in [9.17, 15) is 9.59 Å². The highest BCUT2D eigenvalue weighted by molar-refractivity contribution is 5.97. The van der Waals surface area contributed by atoms with Crippen LogP contribution in [-0.4, -0.2) is 64.4 Å². The number of amides is 2. The molecule has 1 aromatic heterocycles. The lowest BCUT2D eigenvalue weighted by Gasteiger charge is -2.19. The van der Waals surface area contributed by atoms with E-state index in [0.717, 1.165) is 55.1 Å². The van der Waals surface area contributed by atoms with Gasteiger partial charge in [0, 0.05) is 49.0 Å². The van der Waals surface area contributed by atoms with Gasteiger partial charge in [-0.15, -0.1) is 0 Å². The summed E-state index contributed by atoms with van der Waals surface area (Å²) in [5, 5.41) is 0. The van der Waals surface area contributed by atoms with Crippen molar-refractivity contribution >= 4 is 11.8 Å². The molecule has 0 aliphatic carbocycles. The Bertz CT molecular complexity index is 977. The van der Waals surface area contributed by atoms with Crippen LogP contribution in [-0.2, 0) is 11.2 Å². The standard InChI is InChI=1S/C25H32N4O3/c1-4-32-22-10-6-5-9-20(22)25(31)29-14-11-19(16-29)24-26-17(2)21(18(3)27-24)15-23(30)28-12-7-8-13-28/h5-6,9-10,19H,4,7-8,11-16H2,1-3H3/t19-/m0/s1. The Morgan fingerprint density at radius 2 is 1.72 bits per heavy atom. The van der Waals surface area contributed by atoms with Crippen molar-refractivity contribution in [2.24, 2.45) is 0 Å². The van der Waals surface area contributed by atoms with Gasteiger partial charge >= 0.3 is 0 Å². The number of aryl methyl sites for hydroxylation is 2. The minimum absolute atomic E-state index is 0.0159. The van der Waals surface area contributed by atoms with Crippen molar-refractivity contribution in [1.29, 1.82) is 0 Å². The summed E-state index contributed by atoms with van der Waals surface area (Å²) >= 11 is 0. The van der Waals surface area contributed by atoms with Crippen LogP contribution in [0.1, 0.15) is 65.2 Å². The molecule has 170 valence electrons. The molecule has 1 aromatic carbocycles. The Kier molecular flexibility index (Phi) is 6.72. The summed E-state index contributed by atoms with van der Waals surface area (Å²) in [6.07, 6.45) is 3.37. The molecule has 32 heavy (non-hydrogen) atoms. The van der Waals surface area contributed by atoms with E-state index in [-0.39, 0.29) is 17.7 Å². The van der Waals surface area contributed by atoms with Gasteiger partial charge < -0.3 is 14.5 Å². The molecule has 0 unspecified atom stereocenters. The van der Waals surface area contributed by atoms with Gasteiger partial charge in [-0.25, -0.2) is 9.97 Å². The van der Waals surface area contributed by atoms with Crippen molar-refractivity contribution in [2.45, 2.75) is 52.4 Å². The topological polar surface area (TPSA) is 75.6 Å². The Balaban J connectivity index is 1.46. The molecule has 7 heteroatoms. The van der Waals surface area contributed by atoms with E-state index in [4.69, 9.17) is 14.7 Å². The molecule has 2 aliphatic rings. The number of hydrogen-bond acceptors (Lipinski definition) is 5. The van der Waals surface area contributed by atoms with E-state index < -0.39 is 0 Å². The van der Waals surface area contributed by atoms with Crippen LogP contribution in [0.5, 0.6) is 5.75 Å². The molecule has 0 spiro atoms.